The molecule has 1 aromatic heterocycles. The third kappa shape index (κ3) is 2.46. The number of H-pyrrole nitrogens is 1. The van der Waals surface area contributed by atoms with Gasteiger partial charge in [0.15, 0.2) is 0 Å². The van der Waals surface area contributed by atoms with Gasteiger partial charge in [-0.1, -0.05) is 0 Å². The number of hydrogen-bond acceptors (Lipinski definition) is 5. The summed E-state index contributed by atoms with van der Waals surface area (Å²) in [5.74, 6) is -0.291. The predicted molar refractivity (Wildman–Crippen MR) is 65.0 cm³/mol. The molecule has 1 aliphatic rings. The van der Waals surface area contributed by atoms with Gasteiger partial charge in [0.2, 0.25) is 5.88 Å². The largest absolute Gasteiger partial charge is 0.494 e. The van der Waals surface area contributed by atoms with Crippen molar-refractivity contribution in [1.29, 1.82) is 0 Å². The quantitative estimate of drug-likeness (QED) is 0.699. The molecule has 1 saturated heterocycles. The molecule has 2 rings (SSSR count). The second-order valence-electron chi connectivity index (χ2n) is 4.57. The number of nitrogens with one attached hydrogen (secondary N) is 1. The summed E-state index contributed by atoms with van der Waals surface area (Å²) >= 11 is 0. The lowest BCUT2D eigenvalue weighted by molar-refractivity contribution is -0.0289. The standard InChI is InChI=1S/C11H17N3O4/c1-7-9(15)12-11(17)14(10(7)16)6-8-5-13(2)3-4-18-8/h8,16H,3-6H2,1-2H3,(H,12,15,17). The van der Waals surface area contributed by atoms with Gasteiger partial charge < -0.3 is 14.7 Å². The monoisotopic (exact) mass is 255 g/mol. The predicted octanol–water partition coefficient (Wildman–Crippen LogP) is -1.12. The van der Waals surface area contributed by atoms with Crippen LogP contribution in [0.2, 0.25) is 0 Å². The number of aromatic nitrogens is 2. The average molecular weight is 255 g/mol. The van der Waals surface area contributed by atoms with Gasteiger partial charge in [0.1, 0.15) is 0 Å². The van der Waals surface area contributed by atoms with Crippen molar-refractivity contribution in [2.75, 3.05) is 26.7 Å². The smallest absolute Gasteiger partial charge is 0.331 e. The van der Waals surface area contributed by atoms with E-state index in [9.17, 15) is 14.7 Å². The number of morpholine rings is 1. The molecule has 2 heterocycles. The third-order valence-corrected chi connectivity index (χ3v) is 3.13. The van der Waals surface area contributed by atoms with Crippen molar-refractivity contribution in [2.45, 2.75) is 19.6 Å². The molecule has 0 aliphatic carbocycles. The first kappa shape index (κ1) is 12.8. The van der Waals surface area contributed by atoms with Crippen LogP contribution in [0.15, 0.2) is 9.59 Å². The topological polar surface area (TPSA) is 87.6 Å². The number of ether oxygens (including phenoxy) is 1. The van der Waals surface area contributed by atoms with Crippen LogP contribution in [0, 0.1) is 6.92 Å². The van der Waals surface area contributed by atoms with Gasteiger partial charge in [-0.3, -0.25) is 14.3 Å². The first-order chi connectivity index (χ1) is 8.49. The second-order valence-corrected chi connectivity index (χ2v) is 4.57. The third-order valence-electron chi connectivity index (χ3n) is 3.13. The molecule has 100 valence electrons. The Labute approximate surface area is 104 Å². The van der Waals surface area contributed by atoms with Crippen molar-refractivity contribution in [1.82, 2.24) is 14.5 Å². The van der Waals surface area contributed by atoms with E-state index in [0.29, 0.717) is 13.2 Å². The summed E-state index contributed by atoms with van der Waals surface area (Å²) in [7, 11) is 1.97. The SMILES string of the molecule is Cc1c(O)n(CC2CN(C)CCO2)c(=O)[nH]c1=O. The van der Waals surface area contributed by atoms with Crippen LogP contribution in [0.5, 0.6) is 5.88 Å². The van der Waals surface area contributed by atoms with Crippen molar-refractivity contribution >= 4 is 0 Å². The molecule has 2 N–H and O–H groups in total. The van der Waals surface area contributed by atoms with Crippen molar-refractivity contribution in [3.63, 3.8) is 0 Å². The lowest BCUT2D eigenvalue weighted by atomic mass is 10.2. The maximum atomic E-state index is 11.6. The van der Waals surface area contributed by atoms with Gasteiger partial charge in [-0.15, -0.1) is 0 Å². The van der Waals surface area contributed by atoms with Crippen LogP contribution < -0.4 is 11.2 Å². The zero-order valence-corrected chi connectivity index (χ0v) is 10.5. The molecule has 1 fully saturated rings. The van der Waals surface area contributed by atoms with Crippen LogP contribution >= 0.6 is 0 Å². The Balaban J connectivity index is 2.26. The van der Waals surface area contributed by atoms with Gasteiger partial charge in [0.25, 0.3) is 5.56 Å². The Morgan fingerprint density at radius 2 is 2.22 bits per heavy atom. The van der Waals surface area contributed by atoms with Crippen molar-refractivity contribution < 1.29 is 9.84 Å². The second kappa shape index (κ2) is 4.95. The highest BCUT2D eigenvalue weighted by atomic mass is 16.5. The summed E-state index contributed by atoms with van der Waals surface area (Å²) in [5, 5.41) is 9.83. The van der Waals surface area contributed by atoms with Crippen molar-refractivity contribution in [2.24, 2.45) is 0 Å². The fraction of sp³-hybridized carbons (Fsp3) is 0.636. The van der Waals surface area contributed by atoms with Crippen LogP contribution in [0.4, 0.5) is 0 Å². The molecule has 18 heavy (non-hydrogen) atoms. The molecule has 0 spiro atoms. The van der Waals surface area contributed by atoms with E-state index in [4.69, 9.17) is 4.74 Å². The van der Waals surface area contributed by atoms with Crippen LogP contribution in [-0.4, -0.2) is 52.4 Å². The van der Waals surface area contributed by atoms with E-state index in [0.717, 1.165) is 11.1 Å². The van der Waals surface area contributed by atoms with Crippen LogP contribution in [0.3, 0.4) is 0 Å². The molecular weight excluding hydrogens is 238 g/mol. The number of aromatic amines is 1. The van der Waals surface area contributed by atoms with Gasteiger partial charge in [-0.2, -0.15) is 0 Å². The summed E-state index contributed by atoms with van der Waals surface area (Å²) in [4.78, 5) is 27.2. The summed E-state index contributed by atoms with van der Waals surface area (Å²) in [6, 6.07) is 0. The van der Waals surface area contributed by atoms with E-state index < -0.39 is 11.2 Å². The van der Waals surface area contributed by atoms with Gasteiger partial charge in [0, 0.05) is 13.1 Å². The minimum absolute atomic E-state index is 0.138. The molecule has 0 amide bonds. The molecule has 1 aliphatic heterocycles. The van der Waals surface area contributed by atoms with Crippen LogP contribution in [-0.2, 0) is 11.3 Å². The minimum atomic E-state index is -0.611. The molecule has 1 aromatic rings. The molecule has 1 atom stereocenters. The molecule has 0 radical (unpaired) electrons. The molecule has 0 aromatic carbocycles. The highest BCUT2D eigenvalue weighted by Gasteiger charge is 2.20. The van der Waals surface area contributed by atoms with E-state index in [1.165, 1.54) is 6.92 Å². The van der Waals surface area contributed by atoms with Gasteiger partial charge in [0.05, 0.1) is 24.8 Å². The first-order valence-corrected chi connectivity index (χ1v) is 5.82. The normalized spacial score (nSPS) is 21.1. The summed E-state index contributed by atoms with van der Waals surface area (Å²) < 4.78 is 6.67. The lowest BCUT2D eigenvalue weighted by Crippen LogP contribution is -2.44. The first-order valence-electron chi connectivity index (χ1n) is 5.82. The Bertz CT molecular complexity index is 548. The van der Waals surface area contributed by atoms with E-state index in [2.05, 4.69) is 9.88 Å². The highest BCUT2D eigenvalue weighted by Crippen LogP contribution is 2.11. The molecular formula is C11H17N3O4. The number of rotatable bonds is 2. The maximum absolute atomic E-state index is 11.6. The maximum Gasteiger partial charge on any atom is 0.331 e. The number of nitrogens with zero attached hydrogens (tertiary/aromatic N) is 2. The molecule has 0 saturated carbocycles. The Morgan fingerprint density at radius 3 is 2.89 bits per heavy atom. The van der Waals surface area contributed by atoms with E-state index in [1.807, 2.05) is 7.05 Å². The Kier molecular flexibility index (Phi) is 3.53. The summed E-state index contributed by atoms with van der Waals surface area (Å²) in [6.45, 7) is 3.83. The number of hydrogen-bond donors (Lipinski definition) is 2. The van der Waals surface area contributed by atoms with E-state index >= 15 is 0 Å². The van der Waals surface area contributed by atoms with E-state index in [1.54, 1.807) is 0 Å². The lowest BCUT2D eigenvalue weighted by Gasteiger charge is -2.30. The van der Waals surface area contributed by atoms with Crippen molar-refractivity contribution in [3.8, 4) is 5.88 Å². The zero-order chi connectivity index (χ0) is 13.3. The fourth-order valence-electron chi connectivity index (χ4n) is 2.01. The van der Waals surface area contributed by atoms with Gasteiger partial charge in [-0.25, -0.2) is 4.79 Å². The molecule has 7 nitrogen and oxygen atoms in total. The summed E-state index contributed by atoms with van der Waals surface area (Å²) in [6.07, 6.45) is -0.169. The van der Waals surface area contributed by atoms with Crippen LogP contribution in [0.25, 0.3) is 0 Å². The number of likely N-dealkylation sites (N-methyl/N-ethyl adjacent to an activating group) is 1. The molecule has 7 heteroatoms. The Morgan fingerprint density at radius 1 is 1.50 bits per heavy atom. The minimum Gasteiger partial charge on any atom is -0.494 e. The van der Waals surface area contributed by atoms with Gasteiger partial charge >= 0.3 is 5.69 Å². The number of aromatic hydroxyl groups is 1. The van der Waals surface area contributed by atoms with Crippen molar-refractivity contribution in [3.05, 3.63) is 26.4 Å². The summed E-state index contributed by atoms with van der Waals surface area (Å²) in [5.41, 5.74) is -1.03. The zero-order valence-electron chi connectivity index (χ0n) is 10.5. The van der Waals surface area contributed by atoms with Gasteiger partial charge in [-0.05, 0) is 14.0 Å². The fourth-order valence-corrected chi connectivity index (χ4v) is 2.01. The average Bonchev–Trinajstić information content (AvgIpc) is 2.32. The Hall–Kier alpha value is -1.60. The molecule has 1 unspecified atom stereocenters. The van der Waals surface area contributed by atoms with E-state index in [-0.39, 0.29) is 24.1 Å². The van der Waals surface area contributed by atoms with Crippen LogP contribution in [0.1, 0.15) is 5.56 Å². The highest BCUT2D eigenvalue weighted by molar-refractivity contribution is 5.20. The molecule has 0 bridgehead atoms.